The monoisotopic (exact) mass is 404 g/mol. The Morgan fingerprint density at radius 2 is 1.60 bits per heavy atom. The van der Waals surface area contributed by atoms with Crippen LogP contribution in [0.4, 0.5) is 0 Å². The Labute approximate surface area is 172 Å². The Morgan fingerprint density at radius 3 is 2.27 bits per heavy atom. The maximum absolute atomic E-state index is 11.4. The van der Waals surface area contributed by atoms with Crippen LogP contribution in [0.2, 0.25) is 0 Å². The van der Waals surface area contributed by atoms with E-state index in [4.69, 9.17) is 14.3 Å². The molecule has 9 heteroatoms. The van der Waals surface area contributed by atoms with E-state index in [-0.39, 0.29) is 23.2 Å². The van der Waals surface area contributed by atoms with Crippen molar-refractivity contribution in [3.8, 4) is 35.1 Å². The zero-order valence-corrected chi connectivity index (χ0v) is 15.9. The Balaban J connectivity index is 1.74. The summed E-state index contributed by atoms with van der Waals surface area (Å²) in [6.45, 7) is 3.51. The van der Waals surface area contributed by atoms with Gasteiger partial charge in [0.1, 0.15) is 23.8 Å². The SMILES string of the molecule is C=C(NOc1ccccc1Oc1cc(Oc2ccccc2C#N)ncn1)C(=O)OC. The summed E-state index contributed by atoms with van der Waals surface area (Å²) in [4.78, 5) is 24.8. The van der Waals surface area contributed by atoms with E-state index in [0.29, 0.717) is 17.1 Å². The van der Waals surface area contributed by atoms with Gasteiger partial charge in [0.05, 0.1) is 18.7 Å². The number of esters is 1. The first-order valence-electron chi connectivity index (χ1n) is 8.56. The zero-order valence-electron chi connectivity index (χ0n) is 15.9. The number of ether oxygens (including phenoxy) is 3. The van der Waals surface area contributed by atoms with Crippen molar-refractivity contribution in [3.63, 3.8) is 0 Å². The molecule has 1 N–H and O–H groups in total. The second-order valence-corrected chi connectivity index (χ2v) is 5.63. The molecule has 1 aromatic heterocycles. The summed E-state index contributed by atoms with van der Waals surface area (Å²) in [6.07, 6.45) is 1.26. The molecule has 0 saturated heterocycles. The molecular weight excluding hydrogens is 388 g/mol. The Bertz CT molecular complexity index is 1110. The van der Waals surface area contributed by atoms with Gasteiger partial charge < -0.3 is 19.0 Å². The molecule has 2 aromatic carbocycles. The molecule has 150 valence electrons. The van der Waals surface area contributed by atoms with E-state index in [1.165, 1.54) is 19.5 Å². The average Bonchev–Trinajstić information content (AvgIpc) is 2.78. The van der Waals surface area contributed by atoms with Crippen LogP contribution in [0.25, 0.3) is 0 Å². The number of benzene rings is 2. The fourth-order valence-corrected chi connectivity index (χ4v) is 2.21. The lowest BCUT2D eigenvalue weighted by Crippen LogP contribution is -2.24. The quantitative estimate of drug-likeness (QED) is 0.342. The standard InChI is InChI=1S/C21H16N4O5/c1-14(21(26)27-2)25-30-18-10-6-5-9-17(18)29-20-11-19(23-13-24-20)28-16-8-4-3-7-15(16)12-22/h3-11,13,25H,1H2,2H3. The minimum Gasteiger partial charge on any atom is -0.464 e. The second kappa shape index (κ2) is 9.57. The number of carbonyl (C=O) groups excluding carboxylic acids is 1. The topological polar surface area (TPSA) is 116 Å². The summed E-state index contributed by atoms with van der Waals surface area (Å²) >= 11 is 0. The van der Waals surface area contributed by atoms with Crippen molar-refractivity contribution < 1.29 is 23.8 Å². The highest BCUT2D eigenvalue weighted by Gasteiger charge is 2.12. The minimum absolute atomic E-state index is 0.0822. The van der Waals surface area contributed by atoms with E-state index in [1.54, 1.807) is 48.5 Å². The summed E-state index contributed by atoms with van der Waals surface area (Å²) < 4.78 is 16.0. The normalized spacial score (nSPS) is 9.73. The lowest BCUT2D eigenvalue weighted by Gasteiger charge is -2.13. The van der Waals surface area contributed by atoms with Crippen LogP contribution in [0.3, 0.4) is 0 Å². The van der Waals surface area contributed by atoms with E-state index < -0.39 is 5.97 Å². The average molecular weight is 404 g/mol. The third-order valence-corrected chi connectivity index (χ3v) is 3.62. The fraction of sp³-hybridized carbons (Fsp3) is 0.0476. The Morgan fingerprint density at radius 1 is 1.00 bits per heavy atom. The molecule has 0 spiro atoms. The van der Waals surface area contributed by atoms with E-state index in [9.17, 15) is 10.1 Å². The van der Waals surface area contributed by atoms with E-state index in [2.05, 4.69) is 26.8 Å². The Hall–Kier alpha value is -4.58. The number of hydrogen-bond donors (Lipinski definition) is 1. The summed E-state index contributed by atoms with van der Waals surface area (Å²) in [7, 11) is 1.23. The maximum Gasteiger partial charge on any atom is 0.356 e. The number of nitrogens with zero attached hydrogens (tertiary/aromatic N) is 3. The van der Waals surface area contributed by atoms with Gasteiger partial charge in [-0.25, -0.2) is 20.2 Å². The molecule has 3 aromatic rings. The van der Waals surface area contributed by atoms with E-state index >= 15 is 0 Å². The molecular formula is C21H16N4O5. The highest BCUT2D eigenvalue weighted by Crippen LogP contribution is 2.31. The third-order valence-electron chi connectivity index (χ3n) is 3.62. The summed E-state index contributed by atoms with van der Waals surface area (Å²) in [5.41, 5.74) is 2.68. The first-order valence-corrected chi connectivity index (χ1v) is 8.56. The van der Waals surface area contributed by atoms with Gasteiger partial charge in [-0.1, -0.05) is 30.8 Å². The molecule has 0 radical (unpaired) electrons. The number of para-hydroxylation sites is 3. The number of nitrogens with one attached hydrogen (secondary N) is 1. The van der Waals surface area contributed by atoms with Crippen molar-refractivity contribution in [1.29, 1.82) is 5.26 Å². The molecule has 3 rings (SSSR count). The molecule has 0 saturated carbocycles. The van der Waals surface area contributed by atoms with Crippen molar-refractivity contribution in [1.82, 2.24) is 15.4 Å². The van der Waals surface area contributed by atoms with E-state index in [0.717, 1.165) is 0 Å². The molecule has 0 atom stereocenters. The van der Waals surface area contributed by atoms with E-state index in [1.807, 2.05) is 6.07 Å². The smallest absolute Gasteiger partial charge is 0.356 e. The van der Waals surface area contributed by atoms with Gasteiger partial charge in [-0.2, -0.15) is 5.26 Å². The predicted octanol–water partition coefficient (Wildman–Crippen LogP) is 3.50. The molecule has 1 heterocycles. The number of carbonyl (C=O) groups is 1. The first-order chi connectivity index (χ1) is 14.6. The van der Waals surface area contributed by atoms with Gasteiger partial charge in [0.15, 0.2) is 11.5 Å². The number of nitriles is 1. The van der Waals surface area contributed by atoms with Crippen LogP contribution in [0, 0.1) is 11.3 Å². The molecule has 9 nitrogen and oxygen atoms in total. The van der Waals surface area contributed by atoms with Gasteiger partial charge in [-0.3, -0.25) is 0 Å². The van der Waals surface area contributed by atoms with Crippen molar-refractivity contribution in [2.24, 2.45) is 0 Å². The molecule has 0 bridgehead atoms. The summed E-state index contributed by atoms with van der Waals surface area (Å²) in [6, 6.07) is 17.0. The number of hydrogen-bond acceptors (Lipinski definition) is 9. The molecule has 0 fully saturated rings. The minimum atomic E-state index is -0.663. The van der Waals surface area contributed by atoms with Gasteiger partial charge in [-0.05, 0) is 24.3 Å². The highest BCUT2D eigenvalue weighted by atomic mass is 16.7. The molecule has 0 unspecified atom stereocenters. The van der Waals surface area contributed by atoms with Crippen molar-refractivity contribution in [3.05, 3.63) is 78.8 Å². The van der Waals surface area contributed by atoms with Gasteiger partial charge >= 0.3 is 5.97 Å². The van der Waals surface area contributed by atoms with Crippen LogP contribution in [0.5, 0.6) is 29.0 Å². The fourth-order valence-electron chi connectivity index (χ4n) is 2.21. The van der Waals surface area contributed by atoms with Crippen LogP contribution >= 0.6 is 0 Å². The second-order valence-electron chi connectivity index (χ2n) is 5.63. The van der Waals surface area contributed by atoms with Gasteiger partial charge in [0.25, 0.3) is 0 Å². The zero-order chi connectivity index (χ0) is 21.3. The molecule has 0 aliphatic rings. The summed E-state index contributed by atoms with van der Waals surface area (Å²) in [5, 5.41) is 9.17. The van der Waals surface area contributed by atoms with Crippen LogP contribution in [0.1, 0.15) is 5.56 Å². The number of hydroxylamine groups is 1. The molecule has 0 aliphatic heterocycles. The number of methoxy groups -OCH3 is 1. The largest absolute Gasteiger partial charge is 0.464 e. The van der Waals surface area contributed by atoms with Crippen LogP contribution in [0.15, 0.2) is 73.2 Å². The number of aromatic nitrogens is 2. The Kier molecular flexibility index (Phi) is 6.43. The number of rotatable bonds is 8. The maximum atomic E-state index is 11.4. The van der Waals surface area contributed by atoms with Crippen LogP contribution in [-0.4, -0.2) is 23.0 Å². The molecule has 0 aliphatic carbocycles. The van der Waals surface area contributed by atoms with Crippen molar-refractivity contribution in [2.75, 3.05) is 7.11 Å². The lowest BCUT2D eigenvalue weighted by atomic mass is 10.2. The molecule has 0 amide bonds. The van der Waals surface area contributed by atoms with Crippen LogP contribution in [-0.2, 0) is 9.53 Å². The van der Waals surface area contributed by atoms with Crippen molar-refractivity contribution >= 4 is 5.97 Å². The highest BCUT2D eigenvalue weighted by molar-refractivity contribution is 5.86. The van der Waals surface area contributed by atoms with Crippen molar-refractivity contribution in [2.45, 2.75) is 0 Å². The van der Waals surface area contributed by atoms with Crippen LogP contribution < -0.4 is 19.8 Å². The lowest BCUT2D eigenvalue weighted by molar-refractivity contribution is -0.137. The van der Waals surface area contributed by atoms with Gasteiger partial charge in [0, 0.05) is 0 Å². The first kappa shape index (κ1) is 20.2. The van der Waals surface area contributed by atoms with Gasteiger partial charge in [0.2, 0.25) is 11.8 Å². The third kappa shape index (κ3) is 5.02. The summed E-state index contributed by atoms with van der Waals surface area (Å²) in [5.74, 6) is 0.654. The molecule has 30 heavy (non-hydrogen) atoms. The predicted molar refractivity (Wildman–Crippen MR) is 105 cm³/mol. The van der Waals surface area contributed by atoms with Gasteiger partial charge in [-0.15, -0.1) is 0 Å².